The Labute approximate surface area is 122 Å². The van der Waals surface area contributed by atoms with Gasteiger partial charge in [0, 0.05) is 18.3 Å². The maximum Gasteiger partial charge on any atom is 0.228 e. The standard InChI is InChI=1S/C16H17FN2O2/c17-15-7-2-1-4-12(15)10-16(20)19-13-5-3-6-14(11-13)21-9-8-18/h1-7,11H,8-10,18H2,(H,19,20). The van der Waals surface area contributed by atoms with E-state index < -0.39 is 0 Å². The molecule has 0 aliphatic carbocycles. The number of rotatable bonds is 6. The smallest absolute Gasteiger partial charge is 0.228 e. The van der Waals surface area contributed by atoms with Crippen LogP contribution in [0.25, 0.3) is 0 Å². The Kier molecular flexibility index (Phi) is 5.29. The van der Waals surface area contributed by atoms with E-state index >= 15 is 0 Å². The average Bonchev–Trinajstić information content (AvgIpc) is 2.48. The molecule has 0 bridgehead atoms. The molecule has 0 heterocycles. The van der Waals surface area contributed by atoms with Gasteiger partial charge in [0.2, 0.25) is 5.91 Å². The molecule has 110 valence electrons. The zero-order chi connectivity index (χ0) is 15.1. The Morgan fingerprint density at radius 1 is 1.19 bits per heavy atom. The summed E-state index contributed by atoms with van der Waals surface area (Å²) in [6.07, 6.45) is -0.0133. The van der Waals surface area contributed by atoms with Crippen molar-refractivity contribution in [2.45, 2.75) is 6.42 Å². The molecule has 2 aromatic rings. The number of hydrogen-bond donors (Lipinski definition) is 2. The van der Waals surface area contributed by atoms with Gasteiger partial charge >= 0.3 is 0 Å². The number of amides is 1. The average molecular weight is 288 g/mol. The molecule has 0 radical (unpaired) electrons. The Morgan fingerprint density at radius 2 is 2.00 bits per heavy atom. The minimum absolute atomic E-state index is 0.0133. The first-order valence-corrected chi connectivity index (χ1v) is 6.65. The highest BCUT2D eigenvalue weighted by Crippen LogP contribution is 2.17. The summed E-state index contributed by atoms with van der Waals surface area (Å²) in [7, 11) is 0. The molecule has 0 aliphatic heterocycles. The number of hydrogen-bond acceptors (Lipinski definition) is 3. The molecular weight excluding hydrogens is 271 g/mol. The van der Waals surface area contributed by atoms with Crippen molar-refractivity contribution in [2.24, 2.45) is 5.73 Å². The predicted molar refractivity (Wildman–Crippen MR) is 79.7 cm³/mol. The fourth-order valence-corrected chi connectivity index (χ4v) is 1.86. The van der Waals surface area contributed by atoms with Crippen LogP contribution in [0.5, 0.6) is 5.75 Å². The molecule has 21 heavy (non-hydrogen) atoms. The van der Waals surface area contributed by atoms with Crippen LogP contribution in [0.3, 0.4) is 0 Å². The molecule has 0 saturated heterocycles. The first-order chi connectivity index (χ1) is 10.2. The van der Waals surface area contributed by atoms with Crippen molar-refractivity contribution in [3.8, 4) is 5.75 Å². The summed E-state index contributed by atoms with van der Waals surface area (Å²) >= 11 is 0. The van der Waals surface area contributed by atoms with Crippen LogP contribution < -0.4 is 15.8 Å². The van der Waals surface area contributed by atoms with Crippen molar-refractivity contribution >= 4 is 11.6 Å². The van der Waals surface area contributed by atoms with Gasteiger partial charge in [-0.15, -0.1) is 0 Å². The molecule has 0 saturated carbocycles. The minimum Gasteiger partial charge on any atom is -0.492 e. The third-order valence-electron chi connectivity index (χ3n) is 2.81. The van der Waals surface area contributed by atoms with Crippen LogP contribution in [0, 0.1) is 5.82 Å². The normalized spacial score (nSPS) is 10.2. The van der Waals surface area contributed by atoms with Crippen LogP contribution in [0.15, 0.2) is 48.5 Å². The number of nitrogens with two attached hydrogens (primary N) is 1. The van der Waals surface area contributed by atoms with Gasteiger partial charge in [-0.3, -0.25) is 4.79 Å². The molecule has 0 aromatic heterocycles. The van der Waals surface area contributed by atoms with Crippen LogP contribution in [-0.2, 0) is 11.2 Å². The molecule has 0 aliphatic rings. The van der Waals surface area contributed by atoms with Crippen molar-refractivity contribution in [3.05, 3.63) is 59.9 Å². The number of carbonyl (C=O) groups is 1. The summed E-state index contributed by atoms with van der Waals surface area (Å²) in [5, 5.41) is 2.72. The van der Waals surface area contributed by atoms with Gasteiger partial charge in [0.15, 0.2) is 0 Å². The maximum atomic E-state index is 13.5. The lowest BCUT2D eigenvalue weighted by atomic mass is 10.1. The summed E-state index contributed by atoms with van der Waals surface area (Å²) in [5.74, 6) is -0.0344. The van der Waals surface area contributed by atoms with E-state index in [0.29, 0.717) is 30.2 Å². The van der Waals surface area contributed by atoms with Crippen molar-refractivity contribution in [1.82, 2.24) is 0 Å². The first-order valence-electron chi connectivity index (χ1n) is 6.65. The summed E-state index contributed by atoms with van der Waals surface area (Å²) in [4.78, 5) is 11.9. The largest absolute Gasteiger partial charge is 0.492 e. The van der Waals surface area contributed by atoms with Gasteiger partial charge in [-0.25, -0.2) is 4.39 Å². The van der Waals surface area contributed by atoms with E-state index in [-0.39, 0.29) is 18.1 Å². The van der Waals surface area contributed by atoms with Gasteiger partial charge in [-0.1, -0.05) is 24.3 Å². The molecule has 0 spiro atoms. The van der Waals surface area contributed by atoms with E-state index in [9.17, 15) is 9.18 Å². The van der Waals surface area contributed by atoms with Gasteiger partial charge in [-0.05, 0) is 23.8 Å². The molecule has 4 nitrogen and oxygen atoms in total. The van der Waals surface area contributed by atoms with Crippen molar-refractivity contribution < 1.29 is 13.9 Å². The van der Waals surface area contributed by atoms with Gasteiger partial charge in [-0.2, -0.15) is 0 Å². The number of nitrogens with one attached hydrogen (secondary N) is 1. The first kappa shape index (κ1) is 15.0. The van der Waals surface area contributed by atoms with Crippen LogP contribution in [0.2, 0.25) is 0 Å². The molecular formula is C16H17FN2O2. The Morgan fingerprint density at radius 3 is 2.76 bits per heavy atom. The Hall–Kier alpha value is -2.40. The van der Waals surface area contributed by atoms with Crippen molar-refractivity contribution in [2.75, 3.05) is 18.5 Å². The SMILES string of the molecule is NCCOc1cccc(NC(=O)Cc2ccccc2F)c1. The minimum atomic E-state index is -0.382. The van der Waals surface area contributed by atoms with Crippen molar-refractivity contribution in [3.63, 3.8) is 0 Å². The number of benzene rings is 2. The maximum absolute atomic E-state index is 13.5. The molecule has 0 fully saturated rings. The van der Waals surface area contributed by atoms with E-state index in [0.717, 1.165) is 0 Å². The van der Waals surface area contributed by atoms with E-state index in [1.807, 2.05) is 0 Å². The second-order valence-corrected chi connectivity index (χ2v) is 4.48. The van der Waals surface area contributed by atoms with Gasteiger partial charge in [0.1, 0.15) is 18.2 Å². The van der Waals surface area contributed by atoms with Gasteiger partial charge in [0.05, 0.1) is 6.42 Å². The second-order valence-electron chi connectivity index (χ2n) is 4.48. The Bertz CT molecular complexity index is 617. The van der Waals surface area contributed by atoms with Gasteiger partial charge < -0.3 is 15.8 Å². The summed E-state index contributed by atoms with van der Waals surface area (Å²) < 4.78 is 18.9. The highest BCUT2D eigenvalue weighted by Gasteiger charge is 2.08. The molecule has 1 amide bonds. The molecule has 3 N–H and O–H groups in total. The molecule has 0 atom stereocenters. The van der Waals surface area contributed by atoms with Gasteiger partial charge in [0.25, 0.3) is 0 Å². The van der Waals surface area contributed by atoms with Crippen LogP contribution in [0.1, 0.15) is 5.56 Å². The lowest BCUT2D eigenvalue weighted by molar-refractivity contribution is -0.115. The number of anilines is 1. The fraction of sp³-hybridized carbons (Fsp3) is 0.188. The fourth-order valence-electron chi connectivity index (χ4n) is 1.86. The molecule has 2 rings (SSSR count). The van der Waals surface area contributed by atoms with E-state index in [2.05, 4.69) is 5.32 Å². The summed E-state index contributed by atoms with van der Waals surface area (Å²) in [6, 6.07) is 13.2. The molecule has 2 aromatic carbocycles. The lowest BCUT2D eigenvalue weighted by Gasteiger charge is -2.09. The summed E-state index contributed by atoms with van der Waals surface area (Å²) in [6.45, 7) is 0.830. The van der Waals surface area contributed by atoms with E-state index in [1.54, 1.807) is 42.5 Å². The lowest BCUT2D eigenvalue weighted by Crippen LogP contribution is -2.15. The zero-order valence-electron chi connectivity index (χ0n) is 11.5. The Balaban J connectivity index is 1.98. The van der Waals surface area contributed by atoms with Crippen LogP contribution in [0.4, 0.5) is 10.1 Å². The topological polar surface area (TPSA) is 64.3 Å². The highest BCUT2D eigenvalue weighted by atomic mass is 19.1. The number of ether oxygens (including phenoxy) is 1. The number of halogens is 1. The zero-order valence-corrected chi connectivity index (χ0v) is 11.5. The summed E-state index contributed by atoms with van der Waals surface area (Å²) in [5.41, 5.74) is 6.33. The third-order valence-corrected chi connectivity index (χ3v) is 2.81. The van der Waals surface area contributed by atoms with Crippen LogP contribution in [-0.4, -0.2) is 19.1 Å². The van der Waals surface area contributed by atoms with E-state index in [1.165, 1.54) is 6.07 Å². The number of carbonyl (C=O) groups excluding carboxylic acids is 1. The van der Waals surface area contributed by atoms with Crippen molar-refractivity contribution in [1.29, 1.82) is 0 Å². The van der Waals surface area contributed by atoms with E-state index in [4.69, 9.17) is 10.5 Å². The monoisotopic (exact) mass is 288 g/mol. The predicted octanol–water partition coefficient (Wildman–Crippen LogP) is 2.34. The highest BCUT2D eigenvalue weighted by molar-refractivity contribution is 5.92. The quantitative estimate of drug-likeness (QED) is 0.857. The molecule has 5 heteroatoms. The second kappa shape index (κ2) is 7.40. The van der Waals surface area contributed by atoms with Crippen LogP contribution >= 0.6 is 0 Å². The molecule has 0 unspecified atom stereocenters. The third kappa shape index (κ3) is 4.57.